The Morgan fingerprint density at radius 3 is 1.90 bits per heavy atom. The molecule has 12 N–H and O–H groups in total. The molecule has 5 amide bonds. The fourth-order valence-electron chi connectivity index (χ4n) is 7.69. The molecule has 1 aliphatic heterocycles. The van der Waals surface area contributed by atoms with Crippen molar-refractivity contribution < 1.29 is 24.0 Å². The van der Waals surface area contributed by atoms with Gasteiger partial charge in [0.25, 0.3) is 0 Å². The number of carbonyl (C=O) groups is 5. The number of amides is 5. The predicted octanol–water partition coefficient (Wildman–Crippen LogP) is 1.98. The number of hydrogen-bond acceptors (Lipinski definition) is 8. The summed E-state index contributed by atoms with van der Waals surface area (Å²) in [5.41, 5.74) is 20.0. The first-order chi connectivity index (χ1) is 28.5. The van der Waals surface area contributed by atoms with Gasteiger partial charge in [0, 0.05) is 36.4 Å². The molecule has 1 saturated heterocycles. The average molecular weight is 802 g/mol. The summed E-state index contributed by atoms with van der Waals surface area (Å²) in [5.74, 6) is -2.99. The average Bonchev–Trinajstić information content (AvgIpc) is 3.65. The number of piperidine rings is 1. The van der Waals surface area contributed by atoms with Crippen LogP contribution in [0.4, 0.5) is 0 Å². The van der Waals surface area contributed by atoms with Crippen molar-refractivity contribution in [3.05, 3.63) is 120 Å². The van der Waals surface area contributed by atoms with Crippen molar-refractivity contribution in [2.45, 2.75) is 81.1 Å². The minimum Gasteiger partial charge on any atom is -0.368 e. The third-order valence-electron chi connectivity index (χ3n) is 11.1. The molecule has 310 valence electrons. The van der Waals surface area contributed by atoms with E-state index in [9.17, 15) is 24.0 Å². The van der Waals surface area contributed by atoms with Crippen LogP contribution in [0.25, 0.3) is 21.7 Å². The zero-order chi connectivity index (χ0) is 41.8. The standard InChI is InChI=1S/C45H55N9O5/c46-22-9-8-19-36(40(47)55)51-41(56)37(25-29-11-2-1-3-12-29)52-42(57)38(27-32-28-50-35-18-7-6-17-34(32)35)53-43(58)39(54-44(59)45(48)20-23-49-24-21-45)26-31-15-10-14-30-13-4-5-16-33(30)31/h1-7,10-18,28,36-39,49-50H,8-9,19-27,46,48H2,(H2,47,55)(H,51,56)(H,52,57)(H,53,58)(H,54,59)/t36-,37-,38+,39+/m0/s1. The molecule has 1 aromatic heterocycles. The monoisotopic (exact) mass is 801 g/mol. The lowest BCUT2D eigenvalue weighted by Crippen LogP contribution is -2.63. The van der Waals surface area contributed by atoms with Crippen molar-refractivity contribution in [2.24, 2.45) is 17.2 Å². The van der Waals surface area contributed by atoms with Gasteiger partial charge in [-0.1, -0.05) is 91.0 Å². The molecule has 14 heteroatoms. The van der Waals surface area contributed by atoms with Crippen molar-refractivity contribution >= 4 is 51.2 Å². The van der Waals surface area contributed by atoms with E-state index in [2.05, 4.69) is 31.6 Å². The van der Waals surface area contributed by atoms with Crippen molar-refractivity contribution in [3.8, 4) is 0 Å². The number of aromatic nitrogens is 1. The molecule has 1 aliphatic rings. The smallest absolute Gasteiger partial charge is 0.243 e. The van der Waals surface area contributed by atoms with Crippen LogP contribution in [0.2, 0.25) is 0 Å². The Morgan fingerprint density at radius 1 is 0.627 bits per heavy atom. The van der Waals surface area contributed by atoms with E-state index in [-0.39, 0.29) is 25.7 Å². The summed E-state index contributed by atoms with van der Waals surface area (Å²) in [6.07, 6.45) is 4.32. The van der Waals surface area contributed by atoms with Gasteiger partial charge in [0.05, 0.1) is 5.54 Å². The van der Waals surface area contributed by atoms with Crippen LogP contribution in [0.5, 0.6) is 0 Å². The predicted molar refractivity (Wildman–Crippen MR) is 229 cm³/mol. The highest BCUT2D eigenvalue weighted by Gasteiger charge is 2.38. The highest BCUT2D eigenvalue weighted by molar-refractivity contribution is 5.97. The number of primary amides is 1. The van der Waals surface area contributed by atoms with Crippen molar-refractivity contribution in [3.63, 3.8) is 0 Å². The van der Waals surface area contributed by atoms with Gasteiger partial charge in [-0.3, -0.25) is 24.0 Å². The number of benzene rings is 4. The van der Waals surface area contributed by atoms with E-state index in [0.29, 0.717) is 45.3 Å². The number of nitrogens with one attached hydrogen (secondary N) is 6. The van der Waals surface area contributed by atoms with Crippen LogP contribution in [-0.4, -0.2) is 83.9 Å². The van der Waals surface area contributed by atoms with E-state index in [4.69, 9.17) is 17.2 Å². The number of aromatic amines is 1. The maximum atomic E-state index is 14.7. The fourth-order valence-corrected chi connectivity index (χ4v) is 7.69. The molecule has 6 rings (SSSR count). The second kappa shape index (κ2) is 20.1. The van der Waals surface area contributed by atoms with Gasteiger partial charge >= 0.3 is 0 Å². The van der Waals surface area contributed by atoms with Crippen LogP contribution in [0.3, 0.4) is 0 Å². The molecule has 1 fully saturated rings. The van der Waals surface area contributed by atoms with Crippen LogP contribution >= 0.6 is 0 Å². The van der Waals surface area contributed by atoms with Crippen LogP contribution in [0.1, 0.15) is 48.8 Å². The number of carbonyl (C=O) groups excluding carboxylic acids is 5. The summed E-state index contributed by atoms with van der Waals surface area (Å²) in [6, 6.07) is 25.9. The summed E-state index contributed by atoms with van der Waals surface area (Å²) in [5, 5.41) is 17.5. The summed E-state index contributed by atoms with van der Waals surface area (Å²) in [7, 11) is 0. The summed E-state index contributed by atoms with van der Waals surface area (Å²) in [4.78, 5) is 72.8. The minimum absolute atomic E-state index is 0.0473. The van der Waals surface area contributed by atoms with Crippen molar-refractivity contribution in [2.75, 3.05) is 19.6 Å². The Morgan fingerprint density at radius 2 is 1.20 bits per heavy atom. The molecule has 0 radical (unpaired) electrons. The molecule has 0 aliphatic carbocycles. The molecular weight excluding hydrogens is 747 g/mol. The van der Waals surface area contributed by atoms with Crippen LogP contribution in [0.15, 0.2) is 103 Å². The van der Waals surface area contributed by atoms with Gasteiger partial charge in [-0.15, -0.1) is 0 Å². The SMILES string of the molecule is NCCCC[C@H](NC(=O)[C@H](Cc1ccccc1)NC(=O)[C@@H](Cc1c[nH]c2ccccc12)NC(=O)[C@@H](Cc1cccc2ccccc12)NC(=O)C1(N)CCNCC1)C(N)=O. The Kier molecular flexibility index (Phi) is 14.4. The molecule has 2 heterocycles. The first-order valence-electron chi connectivity index (χ1n) is 20.3. The molecule has 5 aromatic rings. The van der Waals surface area contributed by atoms with Crippen molar-refractivity contribution in [1.29, 1.82) is 0 Å². The molecule has 59 heavy (non-hydrogen) atoms. The Labute approximate surface area is 343 Å². The molecule has 0 saturated carbocycles. The third kappa shape index (κ3) is 11.1. The molecule has 14 nitrogen and oxygen atoms in total. The van der Waals surface area contributed by atoms with Crippen molar-refractivity contribution in [1.82, 2.24) is 31.6 Å². The molecule has 0 bridgehead atoms. The maximum Gasteiger partial charge on any atom is 0.243 e. The molecular formula is C45H55N9O5. The van der Waals surface area contributed by atoms with Crippen LogP contribution < -0.4 is 43.8 Å². The number of nitrogens with two attached hydrogens (primary N) is 3. The van der Waals surface area contributed by atoms with E-state index in [1.165, 1.54) is 0 Å². The Bertz CT molecular complexity index is 2230. The first kappa shape index (κ1) is 42.5. The molecule has 0 unspecified atom stereocenters. The van der Waals surface area contributed by atoms with Gasteiger partial charge in [-0.2, -0.15) is 0 Å². The highest BCUT2D eigenvalue weighted by Crippen LogP contribution is 2.23. The number of hydrogen-bond donors (Lipinski definition) is 9. The van der Waals surface area contributed by atoms with E-state index in [0.717, 1.165) is 38.4 Å². The molecule has 4 aromatic carbocycles. The number of rotatable bonds is 19. The van der Waals surface area contributed by atoms with Gasteiger partial charge in [0.2, 0.25) is 29.5 Å². The highest BCUT2D eigenvalue weighted by atomic mass is 16.2. The number of fused-ring (bicyclic) bond motifs is 2. The lowest BCUT2D eigenvalue weighted by molar-refractivity contribution is -0.135. The summed E-state index contributed by atoms with van der Waals surface area (Å²) >= 11 is 0. The van der Waals surface area contributed by atoms with E-state index < -0.39 is 59.2 Å². The number of unbranched alkanes of at least 4 members (excludes halogenated alkanes) is 1. The van der Waals surface area contributed by atoms with Crippen LogP contribution in [-0.2, 0) is 43.2 Å². The first-order valence-corrected chi connectivity index (χ1v) is 20.3. The summed E-state index contributed by atoms with van der Waals surface area (Å²) in [6.45, 7) is 1.54. The number of para-hydroxylation sites is 1. The largest absolute Gasteiger partial charge is 0.368 e. The zero-order valence-corrected chi connectivity index (χ0v) is 33.2. The Hall–Kier alpha value is -6.09. The maximum absolute atomic E-state index is 14.7. The second-order valence-electron chi connectivity index (χ2n) is 15.4. The summed E-state index contributed by atoms with van der Waals surface area (Å²) < 4.78 is 0. The quantitative estimate of drug-likeness (QED) is 0.0559. The second-order valence-corrected chi connectivity index (χ2v) is 15.4. The molecule has 0 spiro atoms. The van der Waals surface area contributed by atoms with Gasteiger partial charge in [0.1, 0.15) is 24.2 Å². The van der Waals surface area contributed by atoms with E-state index >= 15 is 0 Å². The lowest BCUT2D eigenvalue weighted by Gasteiger charge is -2.34. The van der Waals surface area contributed by atoms with Gasteiger partial charge in [0.15, 0.2) is 0 Å². The number of H-pyrrole nitrogens is 1. The van der Waals surface area contributed by atoms with Gasteiger partial charge in [-0.05, 0) is 85.3 Å². The third-order valence-corrected chi connectivity index (χ3v) is 11.1. The zero-order valence-electron chi connectivity index (χ0n) is 33.2. The van der Waals surface area contributed by atoms with Gasteiger partial charge < -0.3 is 48.8 Å². The van der Waals surface area contributed by atoms with Crippen LogP contribution in [0, 0.1) is 0 Å². The normalized spacial score (nSPS) is 15.7. The van der Waals surface area contributed by atoms with E-state index in [1.807, 2.05) is 97.1 Å². The topological polar surface area (TPSA) is 239 Å². The minimum atomic E-state index is -1.21. The molecule has 4 atom stereocenters. The fraction of sp³-hybridized carbons (Fsp3) is 0.356. The van der Waals surface area contributed by atoms with Gasteiger partial charge in [-0.25, -0.2) is 0 Å². The van der Waals surface area contributed by atoms with E-state index in [1.54, 1.807) is 6.20 Å². The Balaban J connectivity index is 1.32. The lowest BCUT2D eigenvalue weighted by atomic mass is 9.88.